The molecule has 1 fully saturated rings. The van der Waals surface area contributed by atoms with E-state index >= 15 is 0 Å². The van der Waals surface area contributed by atoms with E-state index in [4.69, 9.17) is 17.0 Å². The van der Waals surface area contributed by atoms with Crippen LogP contribution in [0.2, 0.25) is 0 Å². The fraction of sp³-hybridized carbons (Fsp3) is 0.467. The number of para-hydroxylation sites is 1. The molecule has 1 aliphatic rings. The van der Waals surface area contributed by atoms with Gasteiger partial charge >= 0.3 is 0 Å². The molecule has 1 saturated heterocycles. The first kappa shape index (κ1) is 14.4. The minimum absolute atomic E-state index is 0.765. The Bertz CT molecular complexity index is 685. The van der Waals surface area contributed by atoms with Crippen molar-refractivity contribution in [3.63, 3.8) is 0 Å². The normalized spacial score (nSPS) is 16.3. The summed E-state index contributed by atoms with van der Waals surface area (Å²) >= 11 is 5.64. The largest absolute Gasteiger partial charge is 0.370 e. The molecule has 112 valence electrons. The average molecular weight is 305 g/mol. The maximum atomic E-state index is 5.64. The molecular weight excluding hydrogens is 284 g/mol. The number of quaternary nitrogens is 1. The van der Waals surface area contributed by atoms with E-state index in [0.717, 1.165) is 49.3 Å². The predicted octanol–water partition coefficient (Wildman–Crippen LogP) is 0.893. The van der Waals surface area contributed by atoms with Crippen LogP contribution >= 0.6 is 12.2 Å². The highest BCUT2D eigenvalue weighted by molar-refractivity contribution is 7.71. The molecular formula is C15H21N4OS+. The van der Waals surface area contributed by atoms with Gasteiger partial charge in [-0.1, -0.05) is 18.2 Å². The zero-order valence-electron chi connectivity index (χ0n) is 12.5. The van der Waals surface area contributed by atoms with Crippen LogP contribution in [0.5, 0.6) is 0 Å². The molecule has 0 bridgehead atoms. The Labute approximate surface area is 129 Å². The minimum Gasteiger partial charge on any atom is -0.370 e. The molecule has 1 N–H and O–H groups in total. The van der Waals surface area contributed by atoms with Crippen LogP contribution in [-0.4, -0.2) is 40.7 Å². The van der Waals surface area contributed by atoms with Gasteiger partial charge in [-0.15, -0.1) is 0 Å². The first-order valence-corrected chi connectivity index (χ1v) is 7.71. The number of morpholine rings is 1. The molecule has 0 aliphatic carbocycles. The van der Waals surface area contributed by atoms with E-state index in [1.807, 2.05) is 23.7 Å². The summed E-state index contributed by atoms with van der Waals surface area (Å²) in [6.45, 7) is 8.58. The van der Waals surface area contributed by atoms with Crippen LogP contribution in [0.1, 0.15) is 11.4 Å². The molecule has 0 radical (unpaired) electrons. The van der Waals surface area contributed by atoms with E-state index in [9.17, 15) is 0 Å². The molecule has 0 spiro atoms. The number of aromatic nitrogens is 3. The van der Waals surface area contributed by atoms with Gasteiger partial charge in [0.05, 0.1) is 18.9 Å². The van der Waals surface area contributed by atoms with E-state index in [1.165, 1.54) is 10.5 Å². The number of nitrogens with zero attached hydrogens (tertiary/aromatic N) is 3. The summed E-state index contributed by atoms with van der Waals surface area (Å²) < 4.78 is 10.2. The Hall–Kier alpha value is -1.50. The second-order valence-corrected chi connectivity index (χ2v) is 5.84. The van der Waals surface area contributed by atoms with Crippen molar-refractivity contribution in [1.29, 1.82) is 0 Å². The summed E-state index contributed by atoms with van der Waals surface area (Å²) in [6.07, 6.45) is 0. The van der Waals surface area contributed by atoms with Crippen molar-refractivity contribution in [1.82, 2.24) is 14.3 Å². The lowest BCUT2D eigenvalue weighted by atomic mass is 10.2. The highest BCUT2D eigenvalue weighted by atomic mass is 32.1. The highest BCUT2D eigenvalue weighted by Gasteiger charge is 2.17. The van der Waals surface area contributed by atoms with Crippen LogP contribution in [0.25, 0.3) is 5.69 Å². The number of hydrogen-bond donors (Lipinski definition) is 1. The molecule has 1 aromatic heterocycles. The molecule has 21 heavy (non-hydrogen) atoms. The Morgan fingerprint density at radius 1 is 1.24 bits per heavy atom. The maximum absolute atomic E-state index is 5.64. The minimum atomic E-state index is 0.765. The van der Waals surface area contributed by atoms with Crippen molar-refractivity contribution in [3.8, 4) is 5.69 Å². The summed E-state index contributed by atoms with van der Waals surface area (Å²) in [5.74, 6) is 0.932. The molecule has 0 amide bonds. The van der Waals surface area contributed by atoms with Crippen molar-refractivity contribution in [2.45, 2.75) is 20.5 Å². The number of hydrogen-bond acceptors (Lipinski definition) is 3. The van der Waals surface area contributed by atoms with Crippen molar-refractivity contribution in [3.05, 3.63) is 40.4 Å². The molecule has 0 unspecified atom stereocenters. The van der Waals surface area contributed by atoms with E-state index in [-0.39, 0.29) is 0 Å². The second-order valence-electron chi connectivity index (χ2n) is 5.47. The van der Waals surface area contributed by atoms with Gasteiger partial charge in [-0.2, -0.15) is 9.78 Å². The van der Waals surface area contributed by atoms with E-state index < -0.39 is 0 Å². The Balaban J connectivity index is 1.93. The standard InChI is InChI=1S/C15H20N4OS/c1-12-5-3-4-6-14(12)19-13(2)16-18(15(19)21)11-17-7-9-20-10-8-17/h3-6H,7-11H2,1-2H3/p+1. The first-order valence-electron chi connectivity index (χ1n) is 7.30. The molecule has 2 aromatic rings. The van der Waals surface area contributed by atoms with E-state index in [2.05, 4.69) is 28.7 Å². The van der Waals surface area contributed by atoms with Gasteiger partial charge in [0.25, 0.3) is 0 Å². The van der Waals surface area contributed by atoms with Crippen LogP contribution < -0.4 is 4.90 Å². The van der Waals surface area contributed by atoms with Crippen molar-refractivity contribution >= 4 is 12.2 Å². The quantitative estimate of drug-likeness (QED) is 0.856. The summed E-state index contributed by atoms with van der Waals surface area (Å²) in [5, 5.41) is 4.64. The van der Waals surface area contributed by atoms with Crippen LogP contribution in [0.3, 0.4) is 0 Å². The Morgan fingerprint density at radius 2 is 1.95 bits per heavy atom. The molecule has 0 atom stereocenters. The van der Waals surface area contributed by atoms with Crippen LogP contribution in [0, 0.1) is 18.6 Å². The van der Waals surface area contributed by atoms with Gasteiger partial charge in [-0.25, -0.2) is 0 Å². The SMILES string of the molecule is Cc1ccccc1-n1c(C)nn(C[NH+]2CCOCC2)c1=S. The van der Waals surface area contributed by atoms with Gasteiger partial charge in [0.2, 0.25) is 4.77 Å². The average Bonchev–Trinajstić information content (AvgIpc) is 2.76. The van der Waals surface area contributed by atoms with Gasteiger partial charge in [0.1, 0.15) is 18.9 Å². The predicted molar refractivity (Wildman–Crippen MR) is 83.4 cm³/mol. The van der Waals surface area contributed by atoms with E-state index in [1.54, 1.807) is 0 Å². The lowest BCUT2D eigenvalue weighted by Crippen LogP contribution is -3.13. The first-order chi connectivity index (χ1) is 10.2. The molecule has 2 heterocycles. The molecule has 1 aromatic carbocycles. The van der Waals surface area contributed by atoms with Crippen molar-refractivity contribution in [2.24, 2.45) is 0 Å². The molecule has 3 rings (SSSR count). The molecule has 0 saturated carbocycles. The van der Waals surface area contributed by atoms with Crippen LogP contribution in [-0.2, 0) is 11.4 Å². The zero-order valence-corrected chi connectivity index (χ0v) is 13.3. The van der Waals surface area contributed by atoms with Gasteiger partial charge in [0.15, 0.2) is 6.67 Å². The lowest BCUT2D eigenvalue weighted by molar-refractivity contribution is -0.930. The fourth-order valence-electron chi connectivity index (χ4n) is 2.74. The summed E-state index contributed by atoms with van der Waals surface area (Å²) in [6, 6.07) is 8.26. The third-order valence-corrected chi connectivity index (χ3v) is 4.32. The molecule has 5 nitrogen and oxygen atoms in total. The number of ether oxygens (including phenoxy) is 1. The van der Waals surface area contributed by atoms with Gasteiger partial charge in [-0.05, 0) is 37.7 Å². The Morgan fingerprint density at radius 3 is 2.67 bits per heavy atom. The molecule has 1 aliphatic heterocycles. The van der Waals surface area contributed by atoms with Crippen molar-refractivity contribution < 1.29 is 9.64 Å². The molecule has 6 heteroatoms. The topological polar surface area (TPSA) is 36.4 Å². The smallest absolute Gasteiger partial charge is 0.207 e. The van der Waals surface area contributed by atoms with Gasteiger partial charge in [0, 0.05) is 0 Å². The second kappa shape index (κ2) is 6.09. The summed E-state index contributed by atoms with van der Waals surface area (Å²) in [7, 11) is 0. The van der Waals surface area contributed by atoms with Gasteiger partial charge < -0.3 is 9.64 Å². The summed E-state index contributed by atoms with van der Waals surface area (Å²) in [4.78, 5) is 1.46. The third-order valence-electron chi connectivity index (χ3n) is 3.93. The number of benzene rings is 1. The van der Waals surface area contributed by atoms with Crippen LogP contribution in [0.15, 0.2) is 24.3 Å². The maximum Gasteiger partial charge on any atom is 0.207 e. The van der Waals surface area contributed by atoms with Crippen molar-refractivity contribution in [2.75, 3.05) is 26.3 Å². The monoisotopic (exact) mass is 305 g/mol. The van der Waals surface area contributed by atoms with E-state index in [0.29, 0.717) is 0 Å². The number of rotatable bonds is 3. The third kappa shape index (κ3) is 2.92. The fourth-order valence-corrected chi connectivity index (χ4v) is 3.08. The summed E-state index contributed by atoms with van der Waals surface area (Å²) in [5.41, 5.74) is 2.32. The van der Waals surface area contributed by atoms with Gasteiger partial charge in [-0.3, -0.25) is 4.57 Å². The zero-order chi connectivity index (χ0) is 14.8. The number of nitrogens with one attached hydrogen (secondary N) is 1. The lowest BCUT2D eigenvalue weighted by Gasteiger charge is -2.23. The Kier molecular flexibility index (Phi) is 4.19. The number of aryl methyl sites for hydroxylation is 2. The van der Waals surface area contributed by atoms with Crippen LogP contribution in [0.4, 0.5) is 0 Å². The highest BCUT2D eigenvalue weighted by Crippen LogP contribution is 2.16.